The number of carboxylic acid groups (broad SMARTS) is 1. The lowest BCUT2D eigenvalue weighted by atomic mass is 10.1. The van der Waals surface area contributed by atoms with E-state index in [0.29, 0.717) is 12.1 Å². The van der Waals surface area contributed by atoms with E-state index < -0.39 is 29.3 Å². The van der Waals surface area contributed by atoms with Gasteiger partial charge in [0.25, 0.3) is 0 Å². The number of carbonyl (C=O) groups is 1. The lowest BCUT2D eigenvalue weighted by molar-refractivity contribution is -0.139. The average Bonchev–Trinajstić information content (AvgIpc) is 2.70. The minimum Gasteiger partial charge on any atom is -0.475 e. The predicted octanol–water partition coefficient (Wildman–Crippen LogP) is 3.51. The highest BCUT2D eigenvalue weighted by molar-refractivity contribution is 5.86. The van der Waals surface area contributed by atoms with Gasteiger partial charge in [0.15, 0.2) is 0 Å². The number of hydrogen-bond donors (Lipinski definition) is 1. The van der Waals surface area contributed by atoms with Gasteiger partial charge in [-0.1, -0.05) is 0 Å². The van der Waals surface area contributed by atoms with Crippen LogP contribution in [-0.2, 0) is 6.18 Å². The van der Waals surface area contributed by atoms with Crippen LogP contribution >= 0.6 is 0 Å². The van der Waals surface area contributed by atoms with Gasteiger partial charge < -0.3 is 9.52 Å². The van der Waals surface area contributed by atoms with Gasteiger partial charge in [0.2, 0.25) is 11.7 Å². The Kier molecular flexibility index (Phi) is 3.24. The number of halogens is 4. The third-order valence-corrected chi connectivity index (χ3v) is 2.51. The summed E-state index contributed by atoms with van der Waals surface area (Å²) in [7, 11) is 0. The first-order valence-electron chi connectivity index (χ1n) is 5.28. The number of alkyl halides is 3. The van der Waals surface area contributed by atoms with Crippen LogP contribution in [0.15, 0.2) is 22.6 Å². The van der Waals surface area contributed by atoms with Gasteiger partial charge in [0.1, 0.15) is 5.82 Å². The van der Waals surface area contributed by atoms with Gasteiger partial charge >= 0.3 is 12.1 Å². The van der Waals surface area contributed by atoms with Crippen LogP contribution in [0.5, 0.6) is 0 Å². The summed E-state index contributed by atoms with van der Waals surface area (Å²) in [6.45, 7) is 1.34. The third kappa shape index (κ3) is 2.49. The summed E-state index contributed by atoms with van der Waals surface area (Å²) < 4.78 is 55.7. The summed E-state index contributed by atoms with van der Waals surface area (Å²) in [6, 6.07) is 2.17. The first kappa shape index (κ1) is 14.0. The highest BCUT2D eigenvalue weighted by Gasteiger charge is 2.34. The second-order valence-electron chi connectivity index (χ2n) is 3.93. The first-order valence-corrected chi connectivity index (χ1v) is 5.28. The number of hydrogen-bond acceptors (Lipinski definition) is 3. The zero-order valence-electron chi connectivity index (χ0n) is 9.95. The Balaban J connectivity index is 2.54. The minimum atomic E-state index is -4.86. The van der Waals surface area contributed by atoms with E-state index in [1.165, 1.54) is 6.92 Å². The monoisotopic (exact) mass is 289 g/mol. The maximum absolute atomic E-state index is 13.1. The maximum Gasteiger partial charge on any atom is 0.419 e. The Hall–Kier alpha value is -2.38. The van der Waals surface area contributed by atoms with E-state index in [0.717, 1.165) is 6.07 Å². The smallest absolute Gasteiger partial charge is 0.419 e. The van der Waals surface area contributed by atoms with E-state index in [1.807, 2.05) is 0 Å². The Morgan fingerprint density at radius 3 is 2.50 bits per heavy atom. The first-order chi connectivity index (χ1) is 9.20. The molecule has 0 atom stereocenters. The van der Waals surface area contributed by atoms with Gasteiger partial charge in [-0.2, -0.15) is 13.2 Å². The van der Waals surface area contributed by atoms with Crippen molar-refractivity contribution in [1.82, 2.24) is 4.98 Å². The molecule has 8 heteroatoms. The molecule has 1 aromatic heterocycles. The van der Waals surface area contributed by atoms with Crippen LogP contribution in [0.4, 0.5) is 17.6 Å². The molecule has 0 spiro atoms. The summed E-state index contributed by atoms with van der Waals surface area (Å²) in [6.07, 6.45) is -4.86. The van der Waals surface area contributed by atoms with Crippen molar-refractivity contribution in [2.45, 2.75) is 13.1 Å². The number of nitrogens with zero attached hydrogens (tertiary/aromatic N) is 1. The van der Waals surface area contributed by atoms with Crippen LogP contribution in [0.25, 0.3) is 11.5 Å². The van der Waals surface area contributed by atoms with Crippen LogP contribution in [0.2, 0.25) is 0 Å². The molecule has 0 saturated carbocycles. The molecule has 1 heterocycles. The molecule has 106 valence electrons. The van der Waals surface area contributed by atoms with Crippen molar-refractivity contribution in [3.8, 4) is 11.5 Å². The highest BCUT2D eigenvalue weighted by atomic mass is 19.4. The molecule has 2 rings (SSSR count). The van der Waals surface area contributed by atoms with E-state index >= 15 is 0 Å². The normalized spacial score (nSPS) is 11.7. The van der Waals surface area contributed by atoms with Crippen molar-refractivity contribution in [1.29, 1.82) is 0 Å². The molecule has 0 amide bonds. The van der Waals surface area contributed by atoms with Crippen LogP contribution in [0, 0.1) is 12.7 Å². The number of aromatic nitrogens is 1. The van der Waals surface area contributed by atoms with Crippen LogP contribution in [0.3, 0.4) is 0 Å². The van der Waals surface area contributed by atoms with E-state index in [4.69, 9.17) is 9.52 Å². The molecule has 0 unspecified atom stereocenters. The molecule has 2 aromatic rings. The lowest BCUT2D eigenvalue weighted by Gasteiger charge is -2.08. The van der Waals surface area contributed by atoms with E-state index in [9.17, 15) is 22.4 Å². The molecule has 4 nitrogen and oxygen atoms in total. The molecule has 1 aromatic carbocycles. The molecule has 0 fully saturated rings. The van der Waals surface area contributed by atoms with Gasteiger partial charge in [0.05, 0.1) is 11.3 Å². The zero-order chi connectivity index (χ0) is 15.1. The van der Waals surface area contributed by atoms with Crippen LogP contribution in [0.1, 0.15) is 21.8 Å². The third-order valence-electron chi connectivity index (χ3n) is 2.51. The maximum atomic E-state index is 13.1. The van der Waals surface area contributed by atoms with Crippen molar-refractivity contribution in [3.05, 3.63) is 41.0 Å². The summed E-state index contributed by atoms with van der Waals surface area (Å²) in [5.41, 5.74) is -1.61. The summed E-state index contributed by atoms with van der Waals surface area (Å²) in [5, 5.41) is 8.78. The Bertz CT molecular complexity index is 676. The second kappa shape index (κ2) is 4.62. The molecule has 0 radical (unpaired) electrons. The van der Waals surface area contributed by atoms with Crippen molar-refractivity contribution in [3.63, 3.8) is 0 Å². The largest absolute Gasteiger partial charge is 0.475 e. The highest BCUT2D eigenvalue weighted by Crippen LogP contribution is 2.34. The second-order valence-corrected chi connectivity index (χ2v) is 3.93. The molecule has 0 saturated heterocycles. The van der Waals surface area contributed by atoms with Crippen molar-refractivity contribution < 1.29 is 31.9 Å². The zero-order valence-corrected chi connectivity index (χ0v) is 9.95. The van der Waals surface area contributed by atoms with E-state index in [-0.39, 0.29) is 17.1 Å². The number of aryl methyl sites for hydroxylation is 1. The van der Waals surface area contributed by atoms with Crippen LogP contribution < -0.4 is 0 Å². The van der Waals surface area contributed by atoms with E-state index in [1.54, 1.807) is 0 Å². The predicted molar refractivity (Wildman–Crippen MR) is 58.6 cm³/mol. The summed E-state index contributed by atoms with van der Waals surface area (Å²) in [5.74, 6) is -3.61. The lowest BCUT2D eigenvalue weighted by Crippen LogP contribution is -2.08. The standard InChI is InChI=1S/C12H7F4NO3/c1-5-9(11(18)19)20-10(17-5)6-2-3-8(13)7(4-6)12(14,15)16/h2-4H,1H3,(H,18,19). The molecule has 20 heavy (non-hydrogen) atoms. The topological polar surface area (TPSA) is 63.3 Å². The fourth-order valence-electron chi connectivity index (χ4n) is 1.59. The van der Waals surface area contributed by atoms with Gasteiger partial charge in [-0.05, 0) is 25.1 Å². The Morgan fingerprint density at radius 1 is 1.35 bits per heavy atom. The van der Waals surface area contributed by atoms with E-state index in [2.05, 4.69) is 4.98 Å². The molecule has 0 bridgehead atoms. The van der Waals surface area contributed by atoms with Gasteiger partial charge in [-0.25, -0.2) is 14.2 Å². The fourth-order valence-corrected chi connectivity index (χ4v) is 1.59. The van der Waals surface area contributed by atoms with Crippen LogP contribution in [-0.4, -0.2) is 16.1 Å². The molecule has 1 N–H and O–H groups in total. The summed E-state index contributed by atoms with van der Waals surface area (Å²) in [4.78, 5) is 14.5. The number of carboxylic acids is 1. The quantitative estimate of drug-likeness (QED) is 0.859. The molecular weight excluding hydrogens is 282 g/mol. The number of aromatic carboxylic acids is 1. The Labute approximate surface area is 109 Å². The summed E-state index contributed by atoms with van der Waals surface area (Å²) >= 11 is 0. The van der Waals surface area contributed by atoms with Gasteiger partial charge in [0, 0.05) is 5.56 Å². The Morgan fingerprint density at radius 2 is 2.00 bits per heavy atom. The SMILES string of the molecule is Cc1nc(-c2ccc(F)c(C(F)(F)F)c2)oc1C(=O)O. The minimum absolute atomic E-state index is 0.0189. The van der Waals surface area contributed by atoms with Crippen molar-refractivity contribution >= 4 is 5.97 Å². The number of rotatable bonds is 2. The van der Waals surface area contributed by atoms with Crippen molar-refractivity contribution in [2.75, 3.05) is 0 Å². The number of benzene rings is 1. The molecule has 0 aliphatic carbocycles. The average molecular weight is 289 g/mol. The van der Waals surface area contributed by atoms with Gasteiger partial charge in [-0.3, -0.25) is 0 Å². The molecule has 0 aliphatic heterocycles. The molecular formula is C12H7F4NO3. The van der Waals surface area contributed by atoms with Crippen molar-refractivity contribution in [2.24, 2.45) is 0 Å². The van der Waals surface area contributed by atoms with Gasteiger partial charge in [-0.15, -0.1) is 0 Å². The number of oxazole rings is 1. The molecule has 0 aliphatic rings. The fraction of sp³-hybridized carbons (Fsp3) is 0.167.